The van der Waals surface area contributed by atoms with E-state index in [1.54, 1.807) is 31.5 Å². The second-order valence-corrected chi connectivity index (χ2v) is 5.17. The van der Waals surface area contributed by atoms with Gasteiger partial charge in [-0.2, -0.15) is 0 Å². The summed E-state index contributed by atoms with van der Waals surface area (Å²) >= 11 is 0. The molecule has 2 aromatic rings. The van der Waals surface area contributed by atoms with E-state index in [1.807, 2.05) is 19.1 Å². The Labute approximate surface area is 124 Å². The molecule has 1 aromatic carbocycles. The smallest absolute Gasteiger partial charge is 0.163 e. The van der Waals surface area contributed by atoms with Crippen molar-refractivity contribution < 1.29 is 8.78 Å². The van der Waals surface area contributed by atoms with Crippen LogP contribution in [0.4, 0.5) is 8.78 Å². The van der Waals surface area contributed by atoms with Crippen molar-refractivity contribution in [1.82, 2.24) is 10.3 Å². The minimum absolute atomic E-state index is 0.260. The number of rotatable bonds is 6. The molecule has 0 amide bonds. The Balaban J connectivity index is 2.29. The molecule has 0 aliphatic heterocycles. The predicted molar refractivity (Wildman–Crippen MR) is 80.1 cm³/mol. The lowest BCUT2D eigenvalue weighted by molar-refractivity contribution is 0.456. The van der Waals surface area contributed by atoms with Crippen LogP contribution in [-0.2, 0) is 6.42 Å². The van der Waals surface area contributed by atoms with Gasteiger partial charge in [0.1, 0.15) is 0 Å². The molecule has 112 valence electrons. The molecule has 0 saturated heterocycles. The fraction of sp³-hybridized carbons (Fsp3) is 0.353. The largest absolute Gasteiger partial charge is 0.310 e. The van der Waals surface area contributed by atoms with Crippen molar-refractivity contribution in [2.24, 2.45) is 0 Å². The highest BCUT2D eigenvalue weighted by Gasteiger charge is 2.19. The third-order valence-corrected chi connectivity index (χ3v) is 3.48. The quantitative estimate of drug-likeness (QED) is 0.871. The Kier molecular flexibility index (Phi) is 5.39. The average Bonchev–Trinajstić information content (AvgIpc) is 2.51. The molecule has 1 N–H and O–H groups in total. The zero-order valence-electron chi connectivity index (χ0n) is 12.4. The van der Waals surface area contributed by atoms with E-state index in [4.69, 9.17) is 0 Å². The molecule has 1 unspecified atom stereocenters. The Bertz CT molecular complexity index is 585. The number of halogens is 2. The maximum absolute atomic E-state index is 14.2. The molecule has 0 aliphatic rings. The Morgan fingerprint density at radius 2 is 2.00 bits per heavy atom. The molecule has 1 heterocycles. The molecule has 1 aromatic heterocycles. The topological polar surface area (TPSA) is 24.9 Å². The zero-order chi connectivity index (χ0) is 15.2. The van der Waals surface area contributed by atoms with Gasteiger partial charge in [-0.15, -0.1) is 0 Å². The van der Waals surface area contributed by atoms with Crippen LogP contribution in [0.25, 0.3) is 0 Å². The van der Waals surface area contributed by atoms with Gasteiger partial charge in [-0.25, -0.2) is 8.78 Å². The average molecular weight is 290 g/mol. The van der Waals surface area contributed by atoms with Crippen LogP contribution in [0.3, 0.4) is 0 Å². The summed E-state index contributed by atoms with van der Waals surface area (Å²) in [6, 6.07) is 6.81. The Morgan fingerprint density at radius 1 is 1.19 bits per heavy atom. The first kappa shape index (κ1) is 15.6. The van der Waals surface area contributed by atoms with E-state index in [0.717, 1.165) is 18.5 Å². The van der Waals surface area contributed by atoms with Crippen LogP contribution in [0, 0.1) is 18.6 Å². The van der Waals surface area contributed by atoms with E-state index < -0.39 is 11.6 Å². The normalized spacial score (nSPS) is 12.4. The van der Waals surface area contributed by atoms with Crippen molar-refractivity contribution in [1.29, 1.82) is 0 Å². The second kappa shape index (κ2) is 7.27. The first-order valence-electron chi connectivity index (χ1n) is 7.20. The Morgan fingerprint density at radius 3 is 2.67 bits per heavy atom. The third kappa shape index (κ3) is 3.85. The van der Waals surface area contributed by atoms with Gasteiger partial charge in [0.15, 0.2) is 11.6 Å². The van der Waals surface area contributed by atoms with Crippen LogP contribution in [0.5, 0.6) is 0 Å². The molecule has 2 rings (SSSR count). The number of aromatic nitrogens is 1. The summed E-state index contributed by atoms with van der Waals surface area (Å²) in [4.78, 5) is 4.07. The van der Waals surface area contributed by atoms with Crippen molar-refractivity contribution in [3.8, 4) is 0 Å². The predicted octanol–water partition coefficient (Wildman–Crippen LogP) is 3.95. The van der Waals surface area contributed by atoms with Gasteiger partial charge in [0, 0.05) is 24.0 Å². The van der Waals surface area contributed by atoms with Crippen molar-refractivity contribution >= 4 is 0 Å². The van der Waals surface area contributed by atoms with Crippen molar-refractivity contribution in [3.63, 3.8) is 0 Å². The summed E-state index contributed by atoms with van der Waals surface area (Å²) in [5, 5.41) is 3.29. The summed E-state index contributed by atoms with van der Waals surface area (Å²) in [5.41, 5.74) is 1.69. The molecule has 0 bridgehead atoms. The van der Waals surface area contributed by atoms with Crippen LogP contribution in [0.15, 0.2) is 36.7 Å². The van der Waals surface area contributed by atoms with Crippen LogP contribution in [-0.4, -0.2) is 11.5 Å². The molecule has 0 spiro atoms. The van der Waals surface area contributed by atoms with Gasteiger partial charge in [0.05, 0.1) is 0 Å². The second-order valence-electron chi connectivity index (χ2n) is 5.17. The van der Waals surface area contributed by atoms with Crippen LogP contribution >= 0.6 is 0 Å². The van der Waals surface area contributed by atoms with E-state index in [9.17, 15) is 8.78 Å². The molecule has 0 radical (unpaired) electrons. The monoisotopic (exact) mass is 290 g/mol. The molecule has 2 nitrogen and oxygen atoms in total. The fourth-order valence-electron chi connectivity index (χ4n) is 2.30. The van der Waals surface area contributed by atoms with Gasteiger partial charge in [-0.1, -0.05) is 25.1 Å². The number of hydrogen-bond acceptors (Lipinski definition) is 2. The molecule has 1 atom stereocenters. The summed E-state index contributed by atoms with van der Waals surface area (Å²) < 4.78 is 28.0. The van der Waals surface area contributed by atoms with Gasteiger partial charge in [0.2, 0.25) is 0 Å². The van der Waals surface area contributed by atoms with Crippen LogP contribution in [0.1, 0.15) is 36.1 Å². The van der Waals surface area contributed by atoms with Crippen molar-refractivity contribution in [3.05, 3.63) is 65.0 Å². The lowest BCUT2D eigenvalue weighted by Crippen LogP contribution is -2.25. The summed E-state index contributed by atoms with van der Waals surface area (Å²) in [7, 11) is 0. The standard InChI is InChI=1S/C17H20F2N2/c1-3-8-21-15(10-13-5-4-9-20-11-13)14-7-6-12(2)16(18)17(14)19/h4-7,9,11,15,21H,3,8,10H2,1-2H3. The van der Waals surface area contributed by atoms with Crippen LogP contribution < -0.4 is 5.32 Å². The SMILES string of the molecule is CCCNC(Cc1cccnc1)c1ccc(C)c(F)c1F. The van der Waals surface area contributed by atoms with Gasteiger partial charge in [-0.3, -0.25) is 4.98 Å². The van der Waals surface area contributed by atoms with E-state index in [0.29, 0.717) is 17.5 Å². The van der Waals surface area contributed by atoms with E-state index in [1.165, 1.54) is 0 Å². The van der Waals surface area contributed by atoms with Crippen LogP contribution in [0.2, 0.25) is 0 Å². The van der Waals surface area contributed by atoms with E-state index in [2.05, 4.69) is 10.3 Å². The molecule has 0 fully saturated rings. The van der Waals surface area contributed by atoms with Gasteiger partial charge in [-0.05, 0) is 43.5 Å². The van der Waals surface area contributed by atoms with Crippen molar-refractivity contribution in [2.75, 3.05) is 6.54 Å². The number of nitrogens with zero attached hydrogens (tertiary/aromatic N) is 1. The number of pyridine rings is 1. The van der Waals surface area contributed by atoms with E-state index in [-0.39, 0.29) is 6.04 Å². The molecule has 4 heteroatoms. The first-order chi connectivity index (χ1) is 10.1. The summed E-state index contributed by atoms with van der Waals surface area (Å²) in [6.07, 6.45) is 4.96. The molecular weight excluding hydrogens is 270 g/mol. The highest BCUT2D eigenvalue weighted by molar-refractivity contribution is 5.29. The lowest BCUT2D eigenvalue weighted by Gasteiger charge is -2.20. The van der Waals surface area contributed by atoms with Gasteiger partial charge in [0.25, 0.3) is 0 Å². The van der Waals surface area contributed by atoms with E-state index >= 15 is 0 Å². The van der Waals surface area contributed by atoms with Gasteiger partial charge >= 0.3 is 0 Å². The lowest BCUT2D eigenvalue weighted by atomic mass is 9.97. The third-order valence-electron chi connectivity index (χ3n) is 3.48. The van der Waals surface area contributed by atoms with Gasteiger partial charge < -0.3 is 5.32 Å². The molecular formula is C17H20F2N2. The minimum atomic E-state index is -0.762. The molecule has 0 aliphatic carbocycles. The summed E-state index contributed by atoms with van der Waals surface area (Å²) in [5.74, 6) is -1.52. The zero-order valence-corrected chi connectivity index (χ0v) is 12.4. The number of benzene rings is 1. The maximum Gasteiger partial charge on any atom is 0.163 e. The minimum Gasteiger partial charge on any atom is -0.310 e. The van der Waals surface area contributed by atoms with Crippen molar-refractivity contribution in [2.45, 2.75) is 32.7 Å². The molecule has 0 saturated carbocycles. The summed E-state index contributed by atoms with van der Waals surface area (Å²) in [6.45, 7) is 4.36. The highest BCUT2D eigenvalue weighted by Crippen LogP contribution is 2.24. The maximum atomic E-state index is 14.2. The molecule has 21 heavy (non-hydrogen) atoms. The first-order valence-corrected chi connectivity index (χ1v) is 7.20. The highest BCUT2D eigenvalue weighted by atomic mass is 19.2. The number of hydrogen-bond donors (Lipinski definition) is 1. The number of nitrogens with one attached hydrogen (secondary N) is 1. The fourth-order valence-corrected chi connectivity index (χ4v) is 2.30. The Hall–Kier alpha value is -1.81. The number of aryl methyl sites for hydroxylation is 1.